The molecule has 3 rings (SSSR count). The van der Waals surface area contributed by atoms with Crippen molar-refractivity contribution in [2.75, 3.05) is 4.31 Å². The second-order valence-corrected chi connectivity index (χ2v) is 6.29. The second-order valence-electron chi connectivity index (χ2n) is 4.46. The molecular formula is C14H13NO2S. The summed E-state index contributed by atoms with van der Waals surface area (Å²) >= 11 is 0. The highest BCUT2D eigenvalue weighted by Crippen LogP contribution is 2.34. The lowest BCUT2D eigenvalue weighted by atomic mass is 10.1. The van der Waals surface area contributed by atoms with Crippen LogP contribution in [0.1, 0.15) is 11.1 Å². The molecule has 1 aliphatic rings. The molecule has 0 bridgehead atoms. The zero-order valence-electron chi connectivity index (χ0n) is 10.00. The van der Waals surface area contributed by atoms with Crippen molar-refractivity contribution in [2.24, 2.45) is 0 Å². The van der Waals surface area contributed by atoms with Gasteiger partial charge in [-0.3, -0.25) is 4.31 Å². The van der Waals surface area contributed by atoms with Crippen molar-refractivity contribution in [3.05, 3.63) is 59.7 Å². The standard InChI is InChI=1S/C14H13NO2S/c1-11-7-8-14-12(9-11)10-15(18(14,16)17)13-5-3-2-4-6-13/h2-9H,10H2,1H3. The largest absolute Gasteiger partial charge is 0.264 e. The summed E-state index contributed by atoms with van der Waals surface area (Å²) in [6.45, 7) is 2.39. The number of fused-ring (bicyclic) bond motifs is 1. The molecule has 0 unspecified atom stereocenters. The van der Waals surface area contributed by atoms with Crippen LogP contribution in [0.5, 0.6) is 0 Å². The van der Waals surface area contributed by atoms with Crippen LogP contribution < -0.4 is 4.31 Å². The number of hydrogen-bond acceptors (Lipinski definition) is 2. The SMILES string of the molecule is Cc1ccc2c(c1)CN(c1ccccc1)S2(=O)=O. The van der Waals surface area contributed by atoms with Crippen LogP contribution in [-0.4, -0.2) is 8.42 Å². The Morgan fingerprint density at radius 1 is 1.06 bits per heavy atom. The van der Waals surface area contributed by atoms with Gasteiger partial charge in [0, 0.05) is 0 Å². The van der Waals surface area contributed by atoms with Gasteiger partial charge in [-0.25, -0.2) is 8.42 Å². The lowest BCUT2D eigenvalue weighted by molar-refractivity contribution is 0.596. The first-order chi connectivity index (χ1) is 8.59. The minimum Gasteiger partial charge on any atom is -0.262 e. The summed E-state index contributed by atoms with van der Waals surface area (Å²) in [5.74, 6) is 0. The van der Waals surface area contributed by atoms with Gasteiger partial charge in [-0.2, -0.15) is 0 Å². The molecule has 0 radical (unpaired) electrons. The molecule has 3 nitrogen and oxygen atoms in total. The van der Waals surface area contributed by atoms with Crippen molar-refractivity contribution in [1.29, 1.82) is 0 Å². The van der Waals surface area contributed by atoms with Gasteiger partial charge in [0.15, 0.2) is 0 Å². The minimum absolute atomic E-state index is 0.420. The third kappa shape index (κ3) is 1.61. The maximum atomic E-state index is 12.4. The number of nitrogens with zero attached hydrogens (tertiary/aromatic N) is 1. The van der Waals surface area contributed by atoms with Crippen molar-refractivity contribution in [1.82, 2.24) is 0 Å². The van der Waals surface area contributed by atoms with Gasteiger partial charge in [-0.15, -0.1) is 0 Å². The molecule has 0 N–H and O–H groups in total. The van der Waals surface area contributed by atoms with Gasteiger partial charge < -0.3 is 0 Å². The molecule has 0 saturated heterocycles. The number of aryl methyl sites for hydroxylation is 1. The Morgan fingerprint density at radius 3 is 2.50 bits per heavy atom. The topological polar surface area (TPSA) is 37.4 Å². The molecular weight excluding hydrogens is 246 g/mol. The Balaban J connectivity index is 2.14. The summed E-state index contributed by atoms with van der Waals surface area (Å²) in [7, 11) is -3.38. The summed E-state index contributed by atoms with van der Waals surface area (Å²) in [4.78, 5) is 0.428. The van der Waals surface area contributed by atoms with E-state index in [0.29, 0.717) is 17.1 Å². The van der Waals surface area contributed by atoms with E-state index >= 15 is 0 Å². The van der Waals surface area contributed by atoms with Crippen LogP contribution in [0.4, 0.5) is 5.69 Å². The van der Waals surface area contributed by atoms with Crippen molar-refractivity contribution < 1.29 is 8.42 Å². The molecule has 0 spiro atoms. The quantitative estimate of drug-likeness (QED) is 0.789. The predicted molar refractivity (Wildman–Crippen MR) is 71.0 cm³/mol. The highest BCUT2D eigenvalue weighted by atomic mass is 32.2. The van der Waals surface area contributed by atoms with E-state index in [4.69, 9.17) is 0 Å². The predicted octanol–water partition coefficient (Wildman–Crippen LogP) is 2.70. The van der Waals surface area contributed by atoms with Crippen LogP contribution >= 0.6 is 0 Å². The third-order valence-electron chi connectivity index (χ3n) is 3.14. The molecule has 0 aromatic heterocycles. The zero-order valence-corrected chi connectivity index (χ0v) is 10.8. The zero-order chi connectivity index (χ0) is 12.8. The van der Waals surface area contributed by atoms with E-state index in [1.54, 1.807) is 6.07 Å². The van der Waals surface area contributed by atoms with Crippen LogP contribution in [0.3, 0.4) is 0 Å². The Labute approximate surface area is 107 Å². The van der Waals surface area contributed by atoms with Crippen LogP contribution in [0, 0.1) is 6.92 Å². The number of sulfonamides is 1. The van der Waals surface area contributed by atoms with Gasteiger partial charge in [-0.05, 0) is 30.7 Å². The number of hydrogen-bond donors (Lipinski definition) is 0. The van der Waals surface area contributed by atoms with Crippen molar-refractivity contribution in [2.45, 2.75) is 18.4 Å². The fraction of sp³-hybridized carbons (Fsp3) is 0.143. The summed E-state index contributed by atoms with van der Waals surface area (Å²) in [6, 6.07) is 14.7. The van der Waals surface area contributed by atoms with E-state index in [2.05, 4.69) is 0 Å². The first-order valence-electron chi connectivity index (χ1n) is 5.76. The fourth-order valence-corrected chi connectivity index (χ4v) is 3.91. The van der Waals surface area contributed by atoms with Gasteiger partial charge in [0.2, 0.25) is 0 Å². The molecule has 18 heavy (non-hydrogen) atoms. The average molecular weight is 259 g/mol. The molecule has 0 atom stereocenters. The third-order valence-corrected chi connectivity index (χ3v) is 5.02. The monoisotopic (exact) mass is 259 g/mol. The number of para-hydroxylation sites is 1. The van der Waals surface area contributed by atoms with E-state index in [9.17, 15) is 8.42 Å². The highest BCUT2D eigenvalue weighted by molar-refractivity contribution is 7.93. The van der Waals surface area contributed by atoms with Crippen LogP contribution in [-0.2, 0) is 16.6 Å². The lowest BCUT2D eigenvalue weighted by Gasteiger charge is -2.16. The van der Waals surface area contributed by atoms with Crippen LogP contribution in [0.15, 0.2) is 53.4 Å². The number of anilines is 1. The number of rotatable bonds is 1. The summed E-state index contributed by atoms with van der Waals surface area (Å²) in [6.07, 6.45) is 0. The minimum atomic E-state index is -3.38. The second kappa shape index (κ2) is 3.85. The Hall–Kier alpha value is -1.81. The summed E-state index contributed by atoms with van der Waals surface area (Å²) in [5, 5.41) is 0. The van der Waals surface area contributed by atoms with E-state index in [1.165, 1.54) is 4.31 Å². The molecule has 0 aliphatic carbocycles. The first-order valence-corrected chi connectivity index (χ1v) is 7.20. The normalized spacial score (nSPS) is 16.6. The molecule has 4 heteroatoms. The molecule has 0 fully saturated rings. The molecule has 0 amide bonds. The average Bonchev–Trinajstić information content (AvgIpc) is 2.61. The Morgan fingerprint density at radius 2 is 1.78 bits per heavy atom. The molecule has 0 saturated carbocycles. The van der Waals surface area contributed by atoms with E-state index in [-0.39, 0.29) is 0 Å². The molecule has 92 valence electrons. The van der Waals surface area contributed by atoms with Gasteiger partial charge >= 0.3 is 0 Å². The lowest BCUT2D eigenvalue weighted by Crippen LogP contribution is -2.23. The van der Waals surface area contributed by atoms with Gasteiger partial charge in [0.05, 0.1) is 17.1 Å². The molecule has 2 aromatic carbocycles. The van der Waals surface area contributed by atoms with Crippen molar-refractivity contribution in [3.8, 4) is 0 Å². The Kier molecular flexibility index (Phi) is 2.41. The van der Waals surface area contributed by atoms with Gasteiger partial charge in [0.1, 0.15) is 0 Å². The van der Waals surface area contributed by atoms with Crippen LogP contribution in [0.25, 0.3) is 0 Å². The molecule has 2 aromatic rings. The van der Waals surface area contributed by atoms with E-state index < -0.39 is 10.0 Å². The molecule has 1 heterocycles. The Bertz CT molecular complexity index is 693. The summed E-state index contributed by atoms with van der Waals surface area (Å²) < 4.78 is 26.3. The van der Waals surface area contributed by atoms with E-state index in [1.807, 2.05) is 49.4 Å². The first kappa shape index (κ1) is 11.3. The highest BCUT2D eigenvalue weighted by Gasteiger charge is 2.34. The van der Waals surface area contributed by atoms with Crippen molar-refractivity contribution >= 4 is 15.7 Å². The smallest absolute Gasteiger partial charge is 0.262 e. The maximum Gasteiger partial charge on any atom is 0.264 e. The van der Waals surface area contributed by atoms with Crippen molar-refractivity contribution in [3.63, 3.8) is 0 Å². The fourth-order valence-electron chi connectivity index (χ4n) is 2.27. The van der Waals surface area contributed by atoms with Gasteiger partial charge in [-0.1, -0.05) is 35.9 Å². The van der Waals surface area contributed by atoms with Gasteiger partial charge in [0.25, 0.3) is 10.0 Å². The number of benzene rings is 2. The maximum absolute atomic E-state index is 12.4. The summed E-state index contributed by atoms with van der Waals surface area (Å²) in [5.41, 5.74) is 2.67. The molecule has 1 aliphatic heterocycles. The van der Waals surface area contributed by atoms with Crippen LogP contribution in [0.2, 0.25) is 0 Å². The van der Waals surface area contributed by atoms with E-state index in [0.717, 1.165) is 11.1 Å².